The summed E-state index contributed by atoms with van der Waals surface area (Å²) in [6, 6.07) is 5.30. The highest BCUT2D eigenvalue weighted by Crippen LogP contribution is 2.30. The molecular weight excluding hydrogens is 324 g/mol. The number of benzene rings is 1. The molecule has 25 heavy (non-hydrogen) atoms. The summed E-state index contributed by atoms with van der Waals surface area (Å²) in [5, 5.41) is 3.03. The first-order chi connectivity index (χ1) is 12.2. The van der Waals surface area contributed by atoms with Crippen LogP contribution in [-0.2, 0) is 4.74 Å². The molecule has 1 saturated heterocycles. The van der Waals surface area contributed by atoms with Gasteiger partial charge in [-0.15, -0.1) is 0 Å². The molecule has 0 bridgehead atoms. The number of fused-ring (bicyclic) bond motifs is 1. The maximum Gasteiger partial charge on any atom is 0.409 e. The Morgan fingerprint density at radius 2 is 1.92 bits per heavy atom. The van der Waals surface area contributed by atoms with Crippen molar-refractivity contribution in [1.29, 1.82) is 0 Å². The summed E-state index contributed by atoms with van der Waals surface area (Å²) in [7, 11) is 0. The van der Waals surface area contributed by atoms with E-state index < -0.39 is 0 Å². The van der Waals surface area contributed by atoms with E-state index in [2.05, 4.69) is 5.32 Å². The van der Waals surface area contributed by atoms with Gasteiger partial charge in [-0.25, -0.2) is 4.79 Å². The maximum atomic E-state index is 12.5. The summed E-state index contributed by atoms with van der Waals surface area (Å²) in [6.07, 6.45) is 1.98. The van der Waals surface area contributed by atoms with Crippen LogP contribution in [0.5, 0.6) is 11.5 Å². The average Bonchev–Trinajstić information content (AvgIpc) is 2.87. The van der Waals surface area contributed by atoms with Gasteiger partial charge >= 0.3 is 6.09 Å². The summed E-state index contributed by atoms with van der Waals surface area (Å²) in [5.41, 5.74) is 0.553. The monoisotopic (exact) mass is 348 g/mol. The first-order valence-corrected chi connectivity index (χ1v) is 8.79. The minimum Gasteiger partial charge on any atom is -0.490 e. The first-order valence-electron chi connectivity index (χ1n) is 8.79. The van der Waals surface area contributed by atoms with Gasteiger partial charge in [0.1, 0.15) is 0 Å². The van der Waals surface area contributed by atoms with E-state index in [0.717, 1.165) is 19.3 Å². The van der Waals surface area contributed by atoms with Gasteiger partial charge in [0.2, 0.25) is 0 Å². The Hall–Kier alpha value is -2.44. The van der Waals surface area contributed by atoms with Crippen LogP contribution in [0.25, 0.3) is 0 Å². The molecule has 1 aromatic carbocycles. The molecule has 1 aromatic rings. The van der Waals surface area contributed by atoms with Gasteiger partial charge in [0, 0.05) is 31.1 Å². The number of nitrogens with zero attached hydrogens (tertiary/aromatic N) is 1. The Kier molecular flexibility index (Phi) is 5.63. The molecular formula is C18H24N2O5. The van der Waals surface area contributed by atoms with Gasteiger partial charge in [-0.1, -0.05) is 0 Å². The molecule has 7 heteroatoms. The molecule has 2 aliphatic heterocycles. The smallest absolute Gasteiger partial charge is 0.409 e. The van der Waals surface area contributed by atoms with Crippen LogP contribution in [0.1, 0.15) is 36.5 Å². The van der Waals surface area contributed by atoms with Gasteiger partial charge in [-0.2, -0.15) is 0 Å². The number of hydrogen-bond acceptors (Lipinski definition) is 5. The molecule has 2 heterocycles. The van der Waals surface area contributed by atoms with Gasteiger partial charge < -0.3 is 24.4 Å². The fraction of sp³-hybridized carbons (Fsp3) is 0.556. The molecule has 1 N–H and O–H groups in total. The highest BCUT2D eigenvalue weighted by Gasteiger charge is 2.25. The van der Waals surface area contributed by atoms with Crippen molar-refractivity contribution in [2.24, 2.45) is 0 Å². The number of rotatable bonds is 3. The highest BCUT2D eigenvalue weighted by molar-refractivity contribution is 5.95. The molecule has 2 amide bonds. The molecule has 2 aliphatic rings. The molecule has 1 fully saturated rings. The van der Waals surface area contributed by atoms with Crippen molar-refractivity contribution in [2.45, 2.75) is 32.2 Å². The molecule has 0 radical (unpaired) electrons. The summed E-state index contributed by atoms with van der Waals surface area (Å²) in [4.78, 5) is 25.9. The summed E-state index contributed by atoms with van der Waals surface area (Å²) < 4.78 is 16.2. The number of carbonyl (C=O) groups is 2. The van der Waals surface area contributed by atoms with E-state index in [1.54, 1.807) is 30.0 Å². The molecule has 0 aromatic heterocycles. The Labute approximate surface area is 147 Å². The van der Waals surface area contributed by atoms with E-state index in [0.29, 0.717) is 50.0 Å². The Morgan fingerprint density at radius 1 is 1.20 bits per heavy atom. The first kappa shape index (κ1) is 17.4. The van der Waals surface area contributed by atoms with Crippen molar-refractivity contribution >= 4 is 12.0 Å². The third-order valence-corrected chi connectivity index (χ3v) is 4.37. The minimum absolute atomic E-state index is 0.0501. The number of carbonyl (C=O) groups excluding carboxylic acids is 2. The van der Waals surface area contributed by atoms with Crippen LogP contribution < -0.4 is 14.8 Å². The van der Waals surface area contributed by atoms with Crippen LogP contribution in [0.2, 0.25) is 0 Å². The molecule has 3 rings (SSSR count). The molecule has 0 atom stereocenters. The predicted octanol–water partition coefficient (Wildman–Crippen LogP) is 2.20. The van der Waals surface area contributed by atoms with E-state index in [1.165, 1.54) is 0 Å². The predicted molar refractivity (Wildman–Crippen MR) is 91.1 cm³/mol. The van der Waals surface area contributed by atoms with Crippen molar-refractivity contribution in [3.63, 3.8) is 0 Å². The SMILES string of the molecule is CCOC(=O)N1CCC(NC(=O)c2ccc3c(c2)OCCCO3)CC1. The van der Waals surface area contributed by atoms with Crippen molar-refractivity contribution < 1.29 is 23.8 Å². The lowest BCUT2D eigenvalue weighted by atomic mass is 10.0. The molecule has 136 valence electrons. The van der Waals surface area contributed by atoms with Gasteiger partial charge in [0.05, 0.1) is 19.8 Å². The zero-order valence-electron chi connectivity index (χ0n) is 14.5. The van der Waals surface area contributed by atoms with Crippen LogP contribution in [0, 0.1) is 0 Å². The number of ether oxygens (including phenoxy) is 3. The van der Waals surface area contributed by atoms with E-state index in [-0.39, 0.29) is 18.0 Å². The fourth-order valence-corrected chi connectivity index (χ4v) is 2.99. The summed E-state index contributed by atoms with van der Waals surface area (Å²) >= 11 is 0. The average molecular weight is 348 g/mol. The third-order valence-electron chi connectivity index (χ3n) is 4.37. The number of piperidine rings is 1. The van der Waals surface area contributed by atoms with Crippen molar-refractivity contribution in [2.75, 3.05) is 32.9 Å². The van der Waals surface area contributed by atoms with E-state index >= 15 is 0 Å². The van der Waals surface area contributed by atoms with Gasteiger partial charge in [-0.05, 0) is 38.0 Å². The Bertz CT molecular complexity index is 626. The van der Waals surface area contributed by atoms with E-state index in [9.17, 15) is 9.59 Å². The number of likely N-dealkylation sites (tertiary alicyclic amines) is 1. The number of nitrogens with one attached hydrogen (secondary N) is 1. The van der Waals surface area contributed by atoms with Gasteiger partial charge in [0.25, 0.3) is 5.91 Å². The second-order valence-electron chi connectivity index (χ2n) is 6.15. The number of amides is 2. The Morgan fingerprint density at radius 3 is 2.64 bits per heavy atom. The molecule has 0 spiro atoms. The van der Waals surface area contributed by atoms with Gasteiger partial charge in [0.15, 0.2) is 11.5 Å². The zero-order valence-corrected chi connectivity index (χ0v) is 14.5. The van der Waals surface area contributed by atoms with Crippen LogP contribution in [0.3, 0.4) is 0 Å². The van der Waals surface area contributed by atoms with Crippen LogP contribution in [-0.4, -0.2) is 55.9 Å². The van der Waals surface area contributed by atoms with Crippen LogP contribution in [0.15, 0.2) is 18.2 Å². The maximum absolute atomic E-state index is 12.5. The summed E-state index contributed by atoms with van der Waals surface area (Å²) in [6.45, 7) is 4.55. The van der Waals surface area contributed by atoms with Crippen LogP contribution >= 0.6 is 0 Å². The van der Waals surface area contributed by atoms with E-state index in [1.807, 2.05) is 0 Å². The fourth-order valence-electron chi connectivity index (χ4n) is 2.99. The molecule has 7 nitrogen and oxygen atoms in total. The number of hydrogen-bond donors (Lipinski definition) is 1. The van der Waals surface area contributed by atoms with Crippen molar-refractivity contribution in [1.82, 2.24) is 10.2 Å². The molecule has 0 aliphatic carbocycles. The summed E-state index contributed by atoms with van der Waals surface area (Å²) in [5.74, 6) is 1.16. The second kappa shape index (κ2) is 8.09. The van der Waals surface area contributed by atoms with Crippen LogP contribution in [0.4, 0.5) is 4.79 Å². The van der Waals surface area contributed by atoms with Gasteiger partial charge in [-0.3, -0.25) is 4.79 Å². The Balaban J connectivity index is 1.55. The molecule has 0 unspecified atom stereocenters. The lowest BCUT2D eigenvalue weighted by Gasteiger charge is -2.31. The normalized spacial score (nSPS) is 17.6. The second-order valence-corrected chi connectivity index (χ2v) is 6.15. The third kappa shape index (κ3) is 4.35. The lowest BCUT2D eigenvalue weighted by molar-refractivity contribution is 0.0859. The zero-order chi connectivity index (χ0) is 17.6. The van der Waals surface area contributed by atoms with E-state index in [4.69, 9.17) is 14.2 Å². The highest BCUT2D eigenvalue weighted by atomic mass is 16.6. The lowest BCUT2D eigenvalue weighted by Crippen LogP contribution is -2.46. The largest absolute Gasteiger partial charge is 0.490 e. The van der Waals surface area contributed by atoms with Crippen molar-refractivity contribution in [3.05, 3.63) is 23.8 Å². The quantitative estimate of drug-likeness (QED) is 0.906. The minimum atomic E-state index is -0.282. The molecule has 0 saturated carbocycles. The standard InChI is InChI=1S/C18H24N2O5/c1-2-23-18(22)20-8-6-14(7-9-20)19-17(21)13-4-5-15-16(12-13)25-11-3-10-24-15/h4-5,12,14H,2-3,6-11H2,1H3,(H,19,21). The van der Waals surface area contributed by atoms with Crippen molar-refractivity contribution in [3.8, 4) is 11.5 Å². The topological polar surface area (TPSA) is 77.1 Å².